The molecule has 0 radical (unpaired) electrons. The van der Waals surface area contributed by atoms with Crippen molar-refractivity contribution in [2.45, 2.75) is 26.7 Å². The van der Waals surface area contributed by atoms with Gasteiger partial charge in [-0.2, -0.15) is 0 Å². The van der Waals surface area contributed by atoms with Crippen molar-refractivity contribution in [3.63, 3.8) is 0 Å². The van der Waals surface area contributed by atoms with E-state index in [1.54, 1.807) is 5.38 Å². The Morgan fingerprint density at radius 2 is 1.84 bits per heavy atom. The van der Waals surface area contributed by atoms with Crippen LogP contribution in [-0.2, 0) is 4.79 Å². The molecule has 0 bridgehead atoms. The average Bonchev–Trinajstić information content (AvgIpc) is 3.04. The van der Waals surface area contributed by atoms with Gasteiger partial charge < -0.3 is 15.5 Å². The molecule has 1 fully saturated rings. The minimum atomic E-state index is -0.285. The minimum Gasteiger partial charge on any atom is -0.372 e. The van der Waals surface area contributed by atoms with Gasteiger partial charge in [0.25, 0.3) is 5.91 Å². The molecular weight excluding hydrogens is 336 g/mol. The van der Waals surface area contributed by atoms with Crippen LogP contribution in [0.3, 0.4) is 0 Å². The maximum Gasteiger partial charge on any atom is 0.275 e. The van der Waals surface area contributed by atoms with Crippen molar-refractivity contribution in [2.75, 3.05) is 28.6 Å². The lowest BCUT2D eigenvalue weighted by Crippen LogP contribution is -2.32. The molecule has 0 aliphatic carbocycles. The number of carbonyl (C=O) groups excluding carboxylic acids is 2. The number of hydrogen-bond acceptors (Lipinski definition) is 5. The molecule has 1 aromatic heterocycles. The van der Waals surface area contributed by atoms with E-state index in [1.165, 1.54) is 36.8 Å². The van der Waals surface area contributed by atoms with Crippen LogP contribution >= 0.6 is 11.3 Å². The number of nitrogens with one attached hydrogen (secondary N) is 2. The Balaban J connectivity index is 1.60. The van der Waals surface area contributed by atoms with Crippen molar-refractivity contribution in [2.24, 2.45) is 5.92 Å². The van der Waals surface area contributed by atoms with Crippen LogP contribution in [0, 0.1) is 5.92 Å². The molecule has 132 valence electrons. The van der Waals surface area contributed by atoms with Crippen LogP contribution in [0.5, 0.6) is 0 Å². The molecular formula is C18H22N4O2S. The highest BCUT2D eigenvalue weighted by molar-refractivity contribution is 7.14. The number of hydrogen-bond donors (Lipinski definition) is 2. The fraction of sp³-hybridized carbons (Fsp3) is 0.389. The smallest absolute Gasteiger partial charge is 0.275 e. The second-order valence-corrected chi connectivity index (χ2v) is 7.25. The van der Waals surface area contributed by atoms with Crippen molar-refractivity contribution in [3.8, 4) is 0 Å². The molecule has 1 saturated heterocycles. The summed E-state index contributed by atoms with van der Waals surface area (Å²) in [6.45, 7) is 5.87. The molecule has 1 aliphatic rings. The third-order valence-corrected chi connectivity index (χ3v) is 5.05. The van der Waals surface area contributed by atoms with Crippen molar-refractivity contribution in [3.05, 3.63) is 35.3 Å². The van der Waals surface area contributed by atoms with Gasteiger partial charge in [-0.25, -0.2) is 4.98 Å². The van der Waals surface area contributed by atoms with E-state index in [0.29, 0.717) is 10.8 Å². The number of nitrogens with zero attached hydrogens (tertiary/aromatic N) is 2. The molecule has 2 N–H and O–H groups in total. The van der Waals surface area contributed by atoms with E-state index >= 15 is 0 Å². The van der Waals surface area contributed by atoms with Crippen molar-refractivity contribution in [1.29, 1.82) is 0 Å². The molecule has 2 aromatic rings. The summed E-state index contributed by atoms with van der Waals surface area (Å²) in [7, 11) is 0. The van der Waals surface area contributed by atoms with Gasteiger partial charge in [0.15, 0.2) is 5.13 Å². The van der Waals surface area contributed by atoms with E-state index in [4.69, 9.17) is 0 Å². The summed E-state index contributed by atoms with van der Waals surface area (Å²) in [6, 6.07) is 7.89. The van der Waals surface area contributed by atoms with E-state index in [9.17, 15) is 9.59 Å². The summed E-state index contributed by atoms with van der Waals surface area (Å²) in [5, 5.41) is 7.46. The first-order valence-electron chi connectivity index (χ1n) is 8.41. The number of benzene rings is 1. The zero-order valence-corrected chi connectivity index (χ0v) is 15.2. The SMILES string of the molecule is CC(=O)Nc1nc(C(=O)Nc2ccc(N3CCC(C)CC3)cc2)cs1. The minimum absolute atomic E-state index is 0.205. The maximum atomic E-state index is 12.2. The lowest BCUT2D eigenvalue weighted by Gasteiger charge is -2.32. The van der Waals surface area contributed by atoms with E-state index in [0.717, 1.165) is 24.7 Å². The Bertz CT molecular complexity index is 749. The van der Waals surface area contributed by atoms with Gasteiger partial charge in [-0.15, -0.1) is 11.3 Å². The van der Waals surface area contributed by atoms with Crippen LogP contribution in [0.2, 0.25) is 0 Å². The van der Waals surface area contributed by atoms with Crippen LogP contribution in [0.15, 0.2) is 29.6 Å². The van der Waals surface area contributed by atoms with Crippen LogP contribution < -0.4 is 15.5 Å². The standard InChI is InChI=1S/C18H22N4O2S/c1-12-7-9-22(10-8-12)15-5-3-14(4-6-15)20-17(24)16-11-25-18(21-16)19-13(2)23/h3-6,11-12H,7-10H2,1-2H3,(H,20,24)(H,19,21,23). The molecule has 0 saturated carbocycles. The van der Waals surface area contributed by atoms with Gasteiger partial charge in [0, 0.05) is 36.8 Å². The van der Waals surface area contributed by atoms with Gasteiger partial charge in [0.1, 0.15) is 5.69 Å². The Kier molecular flexibility index (Phi) is 5.33. The number of carbonyl (C=O) groups is 2. The summed E-state index contributed by atoms with van der Waals surface area (Å²) in [4.78, 5) is 29.8. The molecule has 6 nitrogen and oxygen atoms in total. The first-order chi connectivity index (χ1) is 12.0. The first-order valence-corrected chi connectivity index (χ1v) is 9.28. The molecule has 25 heavy (non-hydrogen) atoms. The normalized spacial score (nSPS) is 15.0. The van der Waals surface area contributed by atoms with Crippen LogP contribution in [-0.4, -0.2) is 29.9 Å². The molecule has 0 atom stereocenters. The van der Waals surface area contributed by atoms with Gasteiger partial charge in [-0.3, -0.25) is 9.59 Å². The predicted molar refractivity (Wildman–Crippen MR) is 101 cm³/mol. The Labute approximate surface area is 151 Å². The number of anilines is 3. The summed E-state index contributed by atoms with van der Waals surface area (Å²) in [5.41, 5.74) is 2.21. The highest BCUT2D eigenvalue weighted by Gasteiger charge is 2.16. The molecule has 1 aromatic carbocycles. The van der Waals surface area contributed by atoms with Crippen LogP contribution in [0.4, 0.5) is 16.5 Å². The zero-order chi connectivity index (χ0) is 17.8. The monoisotopic (exact) mass is 358 g/mol. The van der Waals surface area contributed by atoms with E-state index in [1.807, 2.05) is 24.3 Å². The van der Waals surface area contributed by atoms with E-state index in [2.05, 4.69) is 27.4 Å². The molecule has 0 spiro atoms. The first kappa shape index (κ1) is 17.4. The number of thiazole rings is 1. The highest BCUT2D eigenvalue weighted by Crippen LogP contribution is 2.24. The number of aromatic nitrogens is 1. The second-order valence-electron chi connectivity index (χ2n) is 6.39. The third kappa shape index (κ3) is 4.57. The summed E-state index contributed by atoms with van der Waals surface area (Å²) in [5.74, 6) is 0.312. The lowest BCUT2D eigenvalue weighted by molar-refractivity contribution is -0.114. The molecule has 1 aliphatic heterocycles. The summed E-state index contributed by atoms with van der Waals surface area (Å²) >= 11 is 1.23. The van der Waals surface area contributed by atoms with Crippen molar-refractivity contribution < 1.29 is 9.59 Å². The van der Waals surface area contributed by atoms with Gasteiger partial charge in [0.2, 0.25) is 5.91 Å². The summed E-state index contributed by atoms with van der Waals surface area (Å²) in [6.07, 6.45) is 2.44. The molecule has 0 unspecified atom stereocenters. The predicted octanol–water partition coefficient (Wildman–Crippen LogP) is 3.59. The number of piperidine rings is 1. The Morgan fingerprint density at radius 1 is 1.16 bits per heavy atom. The van der Waals surface area contributed by atoms with Crippen LogP contribution in [0.25, 0.3) is 0 Å². The van der Waals surface area contributed by atoms with Gasteiger partial charge in [0.05, 0.1) is 0 Å². The van der Waals surface area contributed by atoms with Crippen molar-refractivity contribution >= 4 is 39.7 Å². The topological polar surface area (TPSA) is 74.3 Å². The molecule has 2 amide bonds. The zero-order valence-electron chi connectivity index (χ0n) is 14.4. The lowest BCUT2D eigenvalue weighted by atomic mass is 9.99. The number of amides is 2. The summed E-state index contributed by atoms with van der Waals surface area (Å²) < 4.78 is 0. The molecule has 3 rings (SSSR count). The maximum absolute atomic E-state index is 12.2. The number of rotatable bonds is 4. The molecule has 2 heterocycles. The van der Waals surface area contributed by atoms with Gasteiger partial charge >= 0.3 is 0 Å². The van der Waals surface area contributed by atoms with Gasteiger partial charge in [-0.05, 0) is 43.0 Å². The van der Waals surface area contributed by atoms with Crippen LogP contribution in [0.1, 0.15) is 37.2 Å². The highest BCUT2D eigenvalue weighted by atomic mass is 32.1. The van der Waals surface area contributed by atoms with E-state index in [-0.39, 0.29) is 11.8 Å². The fourth-order valence-electron chi connectivity index (χ4n) is 2.80. The molecule has 7 heteroatoms. The average molecular weight is 358 g/mol. The Hall–Kier alpha value is -2.41. The van der Waals surface area contributed by atoms with Crippen molar-refractivity contribution in [1.82, 2.24) is 4.98 Å². The second kappa shape index (κ2) is 7.65. The van der Waals surface area contributed by atoms with Gasteiger partial charge in [-0.1, -0.05) is 6.92 Å². The largest absolute Gasteiger partial charge is 0.372 e. The fourth-order valence-corrected chi connectivity index (χ4v) is 3.54. The quantitative estimate of drug-likeness (QED) is 0.876. The van der Waals surface area contributed by atoms with E-state index < -0.39 is 0 Å². The Morgan fingerprint density at radius 3 is 2.48 bits per heavy atom. The third-order valence-electron chi connectivity index (χ3n) is 4.29.